The van der Waals surface area contributed by atoms with Crippen LogP contribution in [0.5, 0.6) is 5.75 Å². The largest absolute Gasteiger partial charge is 0.480 e. The molecule has 2 aromatic carbocycles. The van der Waals surface area contributed by atoms with Gasteiger partial charge in [-0.05, 0) is 43.3 Å². The molecule has 6 nitrogen and oxygen atoms in total. The highest BCUT2D eigenvalue weighted by atomic mass is 35.5. The van der Waals surface area contributed by atoms with Gasteiger partial charge in [0.1, 0.15) is 11.5 Å². The summed E-state index contributed by atoms with van der Waals surface area (Å²) in [6.07, 6.45) is 0.596. The van der Waals surface area contributed by atoms with Crippen LogP contribution < -0.4 is 4.74 Å². The SMILES string of the molecule is CCOC(=O)COc1ccc(C(=O)CCc2nc(-c3ccc(Cl)cc3Cl)oc2C(C)C)cc1Cl. The van der Waals surface area contributed by atoms with Crippen LogP contribution in [0, 0.1) is 0 Å². The molecule has 0 atom stereocenters. The van der Waals surface area contributed by atoms with E-state index in [0.29, 0.717) is 50.7 Å². The van der Waals surface area contributed by atoms with E-state index in [-0.39, 0.29) is 36.4 Å². The van der Waals surface area contributed by atoms with E-state index < -0.39 is 5.97 Å². The molecule has 0 unspecified atom stereocenters. The molecule has 1 aromatic heterocycles. The van der Waals surface area contributed by atoms with E-state index in [2.05, 4.69) is 4.98 Å². The van der Waals surface area contributed by atoms with Crippen molar-refractivity contribution >= 4 is 46.6 Å². The minimum absolute atomic E-state index is 0.0719. The fourth-order valence-electron chi connectivity index (χ4n) is 3.28. The maximum Gasteiger partial charge on any atom is 0.344 e. The molecule has 1 heterocycles. The lowest BCUT2D eigenvalue weighted by molar-refractivity contribution is -0.145. The first-order valence-corrected chi connectivity index (χ1v) is 11.9. The van der Waals surface area contributed by atoms with Crippen LogP contribution in [-0.2, 0) is 16.0 Å². The average molecular weight is 525 g/mol. The van der Waals surface area contributed by atoms with Crippen molar-refractivity contribution in [3.63, 3.8) is 0 Å². The Hall–Kier alpha value is -2.54. The summed E-state index contributed by atoms with van der Waals surface area (Å²) in [6.45, 7) is 5.70. The van der Waals surface area contributed by atoms with Crippen LogP contribution in [0.1, 0.15) is 54.9 Å². The quantitative estimate of drug-likeness (QED) is 0.206. The lowest BCUT2D eigenvalue weighted by Gasteiger charge is -2.09. The van der Waals surface area contributed by atoms with Crippen molar-refractivity contribution in [1.29, 1.82) is 0 Å². The number of ether oxygens (including phenoxy) is 2. The number of nitrogens with zero attached hydrogens (tertiary/aromatic N) is 1. The van der Waals surface area contributed by atoms with Crippen LogP contribution in [0.15, 0.2) is 40.8 Å². The Morgan fingerprint density at radius 2 is 1.82 bits per heavy atom. The number of halogens is 3. The number of hydrogen-bond acceptors (Lipinski definition) is 6. The van der Waals surface area contributed by atoms with Gasteiger partial charge in [0.2, 0.25) is 5.89 Å². The zero-order chi connectivity index (χ0) is 24.8. The predicted octanol–water partition coefficient (Wildman–Crippen LogP) is 7.18. The van der Waals surface area contributed by atoms with Crippen molar-refractivity contribution in [1.82, 2.24) is 4.98 Å². The lowest BCUT2D eigenvalue weighted by atomic mass is 10.0. The van der Waals surface area contributed by atoms with Gasteiger partial charge < -0.3 is 13.9 Å². The number of Topliss-reactive ketones (excluding diaryl/α,β-unsaturated/α-hetero) is 1. The van der Waals surface area contributed by atoms with Crippen LogP contribution >= 0.6 is 34.8 Å². The molecule has 0 bridgehead atoms. The van der Waals surface area contributed by atoms with Gasteiger partial charge in [0.05, 0.1) is 27.9 Å². The van der Waals surface area contributed by atoms with E-state index in [1.54, 1.807) is 37.3 Å². The summed E-state index contributed by atoms with van der Waals surface area (Å²) in [7, 11) is 0. The van der Waals surface area contributed by atoms with Crippen molar-refractivity contribution < 1.29 is 23.5 Å². The number of ketones is 1. The van der Waals surface area contributed by atoms with Crippen LogP contribution in [0.4, 0.5) is 0 Å². The maximum atomic E-state index is 12.8. The molecule has 0 N–H and O–H groups in total. The molecule has 0 amide bonds. The van der Waals surface area contributed by atoms with Gasteiger partial charge in [0, 0.05) is 29.3 Å². The first kappa shape index (κ1) is 26.1. The van der Waals surface area contributed by atoms with E-state index in [9.17, 15) is 9.59 Å². The van der Waals surface area contributed by atoms with Crippen LogP contribution in [0.2, 0.25) is 15.1 Å². The highest BCUT2D eigenvalue weighted by Gasteiger charge is 2.20. The van der Waals surface area contributed by atoms with E-state index in [0.717, 1.165) is 0 Å². The highest BCUT2D eigenvalue weighted by molar-refractivity contribution is 6.36. The molecule has 0 aliphatic rings. The number of aromatic nitrogens is 1. The predicted molar refractivity (Wildman–Crippen MR) is 132 cm³/mol. The fraction of sp³-hybridized carbons (Fsp3) is 0.320. The fourth-order valence-corrected chi connectivity index (χ4v) is 4.00. The minimum Gasteiger partial charge on any atom is -0.480 e. The van der Waals surface area contributed by atoms with Crippen LogP contribution in [0.25, 0.3) is 11.5 Å². The second-order valence-corrected chi connectivity index (χ2v) is 9.02. The molecule has 0 aliphatic heterocycles. The third kappa shape index (κ3) is 6.53. The molecule has 34 heavy (non-hydrogen) atoms. The number of aryl methyl sites for hydroxylation is 1. The molecule has 9 heteroatoms. The van der Waals surface area contributed by atoms with Crippen molar-refractivity contribution in [3.05, 3.63) is 68.5 Å². The molecule has 0 spiro atoms. The molecule has 3 rings (SSSR count). The Balaban J connectivity index is 1.71. The van der Waals surface area contributed by atoms with E-state index in [4.69, 9.17) is 48.7 Å². The molecule has 0 saturated carbocycles. The van der Waals surface area contributed by atoms with Gasteiger partial charge in [-0.3, -0.25) is 4.79 Å². The third-order valence-corrected chi connectivity index (χ3v) is 5.75. The van der Waals surface area contributed by atoms with Crippen molar-refractivity contribution in [2.45, 2.75) is 39.5 Å². The maximum absolute atomic E-state index is 12.8. The second-order valence-electron chi connectivity index (χ2n) is 7.77. The van der Waals surface area contributed by atoms with Gasteiger partial charge in [-0.2, -0.15) is 0 Å². The Morgan fingerprint density at radius 1 is 1.06 bits per heavy atom. The number of carbonyl (C=O) groups excluding carboxylic acids is 2. The third-order valence-electron chi connectivity index (χ3n) is 4.91. The Kier molecular flexibility index (Phi) is 9.00. The highest BCUT2D eigenvalue weighted by Crippen LogP contribution is 2.33. The molecule has 180 valence electrons. The molecule has 0 aliphatic carbocycles. The first-order chi connectivity index (χ1) is 16.2. The van der Waals surface area contributed by atoms with Gasteiger partial charge in [0.15, 0.2) is 12.4 Å². The normalized spacial score (nSPS) is 11.0. The summed E-state index contributed by atoms with van der Waals surface area (Å²) in [4.78, 5) is 28.9. The van der Waals surface area contributed by atoms with Crippen LogP contribution in [-0.4, -0.2) is 30.0 Å². The number of benzene rings is 2. The summed E-state index contributed by atoms with van der Waals surface area (Å²) < 4.78 is 16.2. The van der Waals surface area contributed by atoms with Gasteiger partial charge >= 0.3 is 5.97 Å². The number of rotatable bonds is 10. The number of oxazole rings is 1. The van der Waals surface area contributed by atoms with E-state index in [1.807, 2.05) is 13.8 Å². The smallest absolute Gasteiger partial charge is 0.344 e. The summed E-state index contributed by atoms with van der Waals surface area (Å²) in [5.41, 5.74) is 1.77. The average Bonchev–Trinajstić information content (AvgIpc) is 3.21. The van der Waals surface area contributed by atoms with Crippen LogP contribution in [0.3, 0.4) is 0 Å². The van der Waals surface area contributed by atoms with E-state index >= 15 is 0 Å². The topological polar surface area (TPSA) is 78.6 Å². The zero-order valence-electron chi connectivity index (χ0n) is 19.0. The standard InChI is InChI=1S/C25H24Cl3NO5/c1-4-32-23(31)13-33-22-10-5-15(11-19(22)28)21(30)9-8-20-24(14(2)3)34-25(29-20)17-7-6-16(26)12-18(17)27/h5-7,10-12,14H,4,8-9,13H2,1-3H3. The molecule has 0 radical (unpaired) electrons. The summed E-state index contributed by atoms with van der Waals surface area (Å²) in [5.74, 6) is 0.861. The van der Waals surface area contributed by atoms with Gasteiger partial charge in [0.25, 0.3) is 0 Å². The molecule has 3 aromatic rings. The van der Waals surface area contributed by atoms with Crippen molar-refractivity contribution in [3.8, 4) is 17.2 Å². The number of esters is 1. The number of carbonyl (C=O) groups is 2. The minimum atomic E-state index is -0.494. The lowest BCUT2D eigenvalue weighted by Crippen LogP contribution is -2.14. The molecular formula is C25H24Cl3NO5. The zero-order valence-corrected chi connectivity index (χ0v) is 21.3. The molecular weight excluding hydrogens is 501 g/mol. The van der Waals surface area contributed by atoms with Gasteiger partial charge in [-0.1, -0.05) is 48.7 Å². The first-order valence-electron chi connectivity index (χ1n) is 10.8. The summed E-state index contributed by atoms with van der Waals surface area (Å²) in [5, 5.41) is 1.19. The Labute approximate surface area is 213 Å². The number of hydrogen-bond donors (Lipinski definition) is 0. The Bertz CT molecular complexity index is 1190. The summed E-state index contributed by atoms with van der Waals surface area (Å²) in [6, 6.07) is 9.79. The van der Waals surface area contributed by atoms with Gasteiger partial charge in [-0.15, -0.1) is 0 Å². The summed E-state index contributed by atoms with van der Waals surface area (Å²) >= 11 is 18.5. The van der Waals surface area contributed by atoms with Crippen molar-refractivity contribution in [2.24, 2.45) is 0 Å². The Morgan fingerprint density at radius 3 is 2.47 bits per heavy atom. The molecule has 0 saturated heterocycles. The monoisotopic (exact) mass is 523 g/mol. The molecule has 0 fully saturated rings. The van der Waals surface area contributed by atoms with Gasteiger partial charge in [-0.25, -0.2) is 9.78 Å². The van der Waals surface area contributed by atoms with Crippen molar-refractivity contribution in [2.75, 3.05) is 13.2 Å². The van der Waals surface area contributed by atoms with E-state index in [1.165, 1.54) is 6.07 Å². The second kappa shape index (κ2) is 11.7.